The van der Waals surface area contributed by atoms with E-state index < -0.39 is 5.97 Å². The summed E-state index contributed by atoms with van der Waals surface area (Å²) in [6, 6.07) is 14.9. The van der Waals surface area contributed by atoms with Gasteiger partial charge in [0, 0.05) is 51.2 Å². The fraction of sp³-hybridized carbons (Fsp3) is 0.481. The Morgan fingerprint density at radius 3 is 2.34 bits per heavy atom. The minimum atomic E-state index is -1.04. The highest BCUT2D eigenvalue weighted by molar-refractivity contribution is 6.15. The lowest BCUT2D eigenvalue weighted by Gasteiger charge is -2.44. The van der Waals surface area contributed by atoms with Gasteiger partial charge in [-0.3, -0.25) is 14.5 Å². The van der Waals surface area contributed by atoms with Crippen LogP contribution in [0.2, 0.25) is 0 Å². The number of carboxylic acid groups (broad SMARTS) is 1. The van der Waals surface area contributed by atoms with Crippen molar-refractivity contribution in [3.63, 3.8) is 0 Å². The second-order valence-electron chi connectivity index (χ2n) is 9.47. The molecule has 0 aromatic heterocycles. The summed E-state index contributed by atoms with van der Waals surface area (Å²) in [4.78, 5) is 30.1. The van der Waals surface area contributed by atoms with E-state index >= 15 is 0 Å². The molecule has 2 fully saturated rings. The Morgan fingerprint density at radius 2 is 1.74 bits per heavy atom. The van der Waals surface area contributed by atoms with Crippen molar-refractivity contribution in [3.05, 3.63) is 65.2 Å². The third-order valence-corrected chi connectivity index (χ3v) is 6.66. The van der Waals surface area contributed by atoms with E-state index in [1.165, 1.54) is 37.7 Å². The first-order valence-corrected chi connectivity index (χ1v) is 12.8. The van der Waals surface area contributed by atoms with Crippen molar-refractivity contribution in [2.24, 2.45) is 5.92 Å². The van der Waals surface area contributed by atoms with E-state index in [0.717, 1.165) is 36.7 Å². The maximum atomic E-state index is 12.8. The van der Waals surface area contributed by atoms with Crippen molar-refractivity contribution < 1.29 is 19.8 Å². The summed E-state index contributed by atoms with van der Waals surface area (Å²) in [7, 11) is 1.50. The fourth-order valence-electron chi connectivity index (χ4n) is 4.87. The van der Waals surface area contributed by atoms with E-state index in [-0.39, 0.29) is 24.2 Å². The molecule has 0 radical (unpaired) electrons. The minimum absolute atomic E-state index is 0.118. The average Bonchev–Trinajstić information content (AvgIpc) is 3.65. The molecule has 2 unspecified atom stereocenters. The molecule has 1 saturated carbocycles. The van der Waals surface area contributed by atoms with Gasteiger partial charge in [0.05, 0.1) is 6.04 Å². The summed E-state index contributed by atoms with van der Waals surface area (Å²) >= 11 is 4.64. The van der Waals surface area contributed by atoms with Gasteiger partial charge in [0.2, 0.25) is 0 Å². The number of hydrogen-bond acceptors (Lipinski definition) is 5. The summed E-state index contributed by atoms with van der Waals surface area (Å²) < 4.78 is 0. The first-order valence-electron chi connectivity index (χ1n) is 12.0. The van der Waals surface area contributed by atoms with Gasteiger partial charge in [-0.05, 0) is 61.1 Å². The van der Waals surface area contributed by atoms with Crippen molar-refractivity contribution in [2.45, 2.75) is 31.8 Å². The molecule has 2 N–H and O–H groups in total. The van der Waals surface area contributed by atoms with Crippen molar-refractivity contribution in [3.8, 4) is 5.75 Å². The molecule has 1 heterocycles. The van der Waals surface area contributed by atoms with Gasteiger partial charge in [0.25, 0.3) is 5.91 Å². The van der Waals surface area contributed by atoms with Gasteiger partial charge < -0.3 is 20.0 Å². The van der Waals surface area contributed by atoms with E-state index in [9.17, 15) is 14.7 Å². The predicted molar refractivity (Wildman–Crippen MR) is 138 cm³/mol. The van der Waals surface area contributed by atoms with E-state index in [1.807, 2.05) is 30.3 Å². The molecular formula is C27H36ClN3O4. The summed E-state index contributed by atoms with van der Waals surface area (Å²) in [6.45, 7) is 5.95. The molecule has 2 aromatic rings. The monoisotopic (exact) mass is 501 g/mol. The summed E-state index contributed by atoms with van der Waals surface area (Å²) in [5.41, 5.74) is 2.39. The molecule has 0 spiro atoms. The van der Waals surface area contributed by atoms with Crippen LogP contribution in [0.4, 0.5) is 0 Å². The van der Waals surface area contributed by atoms with Gasteiger partial charge >= 0.3 is 5.97 Å². The number of benzene rings is 2. The molecule has 1 aliphatic carbocycles. The van der Waals surface area contributed by atoms with E-state index in [4.69, 9.17) is 5.11 Å². The van der Waals surface area contributed by atoms with Crippen LogP contribution < -0.4 is 0 Å². The Hall–Kier alpha value is -2.61. The highest BCUT2D eigenvalue weighted by Crippen LogP contribution is 2.35. The first-order chi connectivity index (χ1) is 16.8. The number of alkyl halides is 1. The highest BCUT2D eigenvalue weighted by atomic mass is 35.5. The van der Waals surface area contributed by atoms with Crippen LogP contribution in [0.3, 0.4) is 0 Å². The lowest BCUT2D eigenvalue weighted by atomic mass is 9.93. The van der Waals surface area contributed by atoms with Crippen molar-refractivity contribution >= 4 is 23.5 Å². The smallest absolute Gasteiger partial charge is 0.323 e. The molecule has 1 aliphatic heterocycles. The SMILES string of the molecule is CC1CN(CC2CC2)CCN1C(c1cccc(O)c1)c1cccc(C(=O)N(C)CC(=O)O)c1.CCl. The normalized spacial score (nSPS) is 19.4. The number of likely N-dealkylation sites (N-methyl/N-ethyl adjacent to an activating group) is 1. The van der Waals surface area contributed by atoms with Crippen LogP contribution in [0.1, 0.15) is 47.3 Å². The van der Waals surface area contributed by atoms with Crippen LogP contribution in [0.5, 0.6) is 5.75 Å². The number of amides is 1. The van der Waals surface area contributed by atoms with Crippen LogP contribution in [0.25, 0.3) is 0 Å². The highest BCUT2D eigenvalue weighted by Gasteiger charge is 2.34. The second kappa shape index (κ2) is 12.4. The molecule has 2 aliphatic rings. The largest absolute Gasteiger partial charge is 0.508 e. The number of halogens is 1. The molecule has 1 saturated heterocycles. The Morgan fingerprint density at radius 1 is 1.09 bits per heavy atom. The maximum Gasteiger partial charge on any atom is 0.323 e. The number of hydrogen-bond donors (Lipinski definition) is 2. The zero-order valence-corrected chi connectivity index (χ0v) is 21.5. The van der Waals surface area contributed by atoms with Crippen LogP contribution in [-0.2, 0) is 4.79 Å². The summed E-state index contributed by atoms with van der Waals surface area (Å²) in [6.07, 6.45) is 4.16. The predicted octanol–water partition coefficient (Wildman–Crippen LogP) is 3.91. The van der Waals surface area contributed by atoms with Gasteiger partial charge in [-0.15, -0.1) is 11.6 Å². The number of aliphatic carboxylic acids is 1. The lowest BCUT2D eigenvalue weighted by molar-refractivity contribution is -0.137. The molecular weight excluding hydrogens is 466 g/mol. The number of phenolic OH excluding ortho intramolecular Hbond substituents is 1. The topological polar surface area (TPSA) is 84.3 Å². The Balaban J connectivity index is 0.00000167. The minimum Gasteiger partial charge on any atom is -0.508 e. The molecule has 2 aromatic carbocycles. The molecule has 8 heteroatoms. The summed E-state index contributed by atoms with van der Waals surface area (Å²) in [5.74, 6) is -0.296. The maximum absolute atomic E-state index is 12.8. The van der Waals surface area contributed by atoms with Gasteiger partial charge in [0.15, 0.2) is 0 Å². The Kier molecular flexibility index (Phi) is 9.55. The van der Waals surface area contributed by atoms with Gasteiger partial charge in [-0.25, -0.2) is 0 Å². The molecule has 190 valence electrons. The van der Waals surface area contributed by atoms with Crippen LogP contribution in [-0.4, -0.2) is 89.0 Å². The molecule has 2 atom stereocenters. The molecule has 35 heavy (non-hydrogen) atoms. The fourth-order valence-corrected chi connectivity index (χ4v) is 4.87. The number of aromatic hydroxyl groups is 1. The molecule has 1 amide bonds. The van der Waals surface area contributed by atoms with E-state index in [2.05, 4.69) is 28.3 Å². The van der Waals surface area contributed by atoms with E-state index in [0.29, 0.717) is 11.6 Å². The number of carboxylic acids is 1. The Bertz CT molecular complexity index is 1010. The quantitative estimate of drug-likeness (QED) is 0.533. The number of rotatable bonds is 8. The first kappa shape index (κ1) is 27.0. The van der Waals surface area contributed by atoms with Crippen LogP contribution in [0, 0.1) is 5.92 Å². The number of carbonyl (C=O) groups is 2. The number of carbonyl (C=O) groups excluding carboxylic acids is 1. The zero-order chi connectivity index (χ0) is 25.5. The third kappa shape index (κ3) is 7.19. The van der Waals surface area contributed by atoms with Crippen LogP contribution >= 0.6 is 11.6 Å². The van der Waals surface area contributed by atoms with E-state index in [1.54, 1.807) is 18.2 Å². The second-order valence-corrected chi connectivity index (χ2v) is 9.47. The third-order valence-electron chi connectivity index (χ3n) is 6.66. The lowest BCUT2D eigenvalue weighted by Crippen LogP contribution is -2.53. The Labute approximate surface area is 212 Å². The standard InChI is InChI=1S/C26H33N3O4.CH3Cl/c1-18-15-28(16-19-9-10-19)11-12-29(18)25(21-6-4-8-23(30)14-21)20-5-3-7-22(13-20)26(33)27(2)17-24(31)32;1-2/h3-8,13-14,18-19,25,30H,9-12,15-17H2,1-2H3,(H,31,32);1H3. The number of nitrogens with zero attached hydrogens (tertiary/aromatic N) is 3. The zero-order valence-electron chi connectivity index (χ0n) is 20.7. The average molecular weight is 502 g/mol. The molecule has 4 rings (SSSR count). The van der Waals surface area contributed by atoms with Gasteiger partial charge in [-0.1, -0.05) is 24.3 Å². The molecule has 7 nitrogen and oxygen atoms in total. The van der Waals surface area contributed by atoms with Crippen molar-refractivity contribution in [2.75, 3.05) is 46.2 Å². The van der Waals surface area contributed by atoms with Gasteiger partial charge in [0.1, 0.15) is 12.3 Å². The van der Waals surface area contributed by atoms with Gasteiger partial charge in [-0.2, -0.15) is 0 Å². The summed E-state index contributed by atoms with van der Waals surface area (Å²) in [5, 5.41) is 19.2. The van der Waals surface area contributed by atoms with Crippen molar-refractivity contribution in [1.82, 2.24) is 14.7 Å². The molecule has 0 bridgehead atoms. The van der Waals surface area contributed by atoms with Crippen molar-refractivity contribution in [1.29, 1.82) is 0 Å². The number of phenols is 1. The number of piperazine rings is 1. The van der Waals surface area contributed by atoms with Crippen LogP contribution in [0.15, 0.2) is 48.5 Å².